The quantitative estimate of drug-likeness (QED) is 0.533. The Bertz CT molecular complexity index is 1130. The number of rotatable bonds is 9. The molecule has 8 nitrogen and oxygen atoms in total. The summed E-state index contributed by atoms with van der Waals surface area (Å²) >= 11 is 0. The molecule has 4 rings (SSSR count). The summed E-state index contributed by atoms with van der Waals surface area (Å²) in [6.07, 6.45) is 2.64. The molecule has 0 unspecified atom stereocenters. The molecule has 1 saturated heterocycles. The third kappa shape index (κ3) is 6.18. The Kier molecular flexibility index (Phi) is 8.72. The minimum absolute atomic E-state index is 0.0551. The Morgan fingerprint density at radius 3 is 2.37 bits per heavy atom. The van der Waals surface area contributed by atoms with E-state index in [0.29, 0.717) is 45.3 Å². The fourth-order valence-electron chi connectivity index (χ4n) is 5.48. The summed E-state index contributed by atoms with van der Waals surface area (Å²) in [5.41, 5.74) is 2.64. The number of fused-ring (bicyclic) bond motifs is 1. The second-order valence-corrected chi connectivity index (χ2v) is 11.2. The van der Waals surface area contributed by atoms with Gasteiger partial charge in [-0.2, -0.15) is 0 Å². The van der Waals surface area contributed by atoms with E-state index in [-0.39, 0.29) is 23.9 Å². The molecule has 0 spiro atoms. The molecule has 2 N–H and O–H groups in total. The second-order valence-electron chi connectivity index (χ2n) is 11.2. The maximum absolute atomic E-state index is 13.6. The number of hydrogen-bond donors (Lipinski definition) is 2. The van der Waals surface area contributed by atoms with E-state index in [2.05, 4.69) is 10.6 Å². The molecule has 0 saturated carbocycles. The van der Waals surface area contributed by atoms with Crippen molar-refractivity contribution < 1.29 is 14.4 Å². The van der Waals surface area contributed by atoms with Crippen LogP contribution in [0, 0.1) is 0 Å². The number of urea groups is 1. The van der Waals surface area contributed by atoms with Gasteiger partial charge in [0, 0.05) is 37.9 Å². The summed E-state index contributed by atoms with van der Waals surface area (Å²) in [7, 11) is 3.90. The van der Waals surface area contributed by atoms with Crippen molar-refractivity contribution in [2.24, 2.45) is 0 Å². The van der Waals surface area contributed by atoms with E-state index in [9.17, 15) is 14.4 Å². The first-order chi connectivity index (χ1) is 18.2. The lowest BCUT2D eigenvalue weighted by Crippen LogP contribution is -2.55. The van der Waals surface area contributed by atoms with Gasteiger partial charge in [0.2, 0.25) is 11.8 Å². The van der Waals surface area contributed by atoms with Crippen LogP contribution in [-0.2, 0) is 21.4 Å². The fraction of sp³-hybridized carbons (Fsp3) is 0.500. The Hall–Kier alpha value is -3.39. The number of hydrogen-bond acceptors (Lipinski definition) is 4. The normalized spacial score (nSPS) is 17.9. The molecule has 2 aliphatic rings. The van der Waals surface area contributed by atoms with Gasteiger partial charge >= 0.3 is 6.03 Å². The average Bonchev–Trinajstić information content (AvgIpc) is 3.11. The van der Waals surface area contributed by atoms with Crippen LogP contribution in [0.25, 0.3) is 0 Å². The van der Waals surface area contributed by atoms with Crippen molar-refractivity contribution in [3.05, 3.63) is 65.7 Å². The average molecular weight is 520 g/mol. The maximum Gasteiger partial charge on any atom is 0.315 e. The van der Waals surface area contributed by atoms with Crippen LogP contribution in [0.3, 0.4) is 0 Å². The topological polar surface area (TPSA) is 85.0 Å². The van der Waals surface area contributed by atoms with Crippen molar-refractivity contribution in [3.63, 3.8) is 0 Å². The third-order valence-corrected chi connectivity index (χ3v) is 7.74. The molecule has 2 aromatic carbocycles. The zero-order chi connectivity index (χ0) is 27.3. The van der Waals surface area contributed by atoms with Gasteiger partial charge in [0.25, 0.3) is 0 Å². The molecule has 0 aliphatic carbocycles. The van der Waals surface area contributed by atoms with Crippen molar-refractivity contribution in [2.75, 3.05) is 45.2 Å². The lowest BCUT2D eigenvalue weighted by Gasteiger charge is -2.38. The predicted molar refractivity (Wildman–Crippen MR) is 150 cm³/mol. The number of anilines is 1. The summed E-state index contributed by atoms with van der Waals surface area (Å²) in [4.78, 5) is 45.4. The van der Waals surface area contributed by atoms with Gasteiger partial charge in [-0.25, -0.2) is 4.79 Å². The number of nitrogens with one attached hydrogen (secondary N) is 2. The van der Waals surface area contributed by atoms with Gasteiger partial charge in [-0.1, -0.05) is 48.5 Å². The van der Waals surface area contributed by atoms with Crippen molar-refractivity contribution in [1.82, 2.24) is 20.4 Å². The molecule has 1 fully saturated rings. The molecule has 2 aliphatic heterocycles. The number of nitrogens with zero attached hydrogens (tertiary/aromatic N) is 3. The SMILES string of the molecule is CN(C)CCNC(=O)N[C@@H](CCc1ccccc1)C(=O)N1CCC(N2C(=O)C(C)(C)c3ccccc32)CC1. The van der Waals surface area contributed by atoms with Crippen LogP contribution in [0.1, 0.15) is 44.2 Å². The first-order valence-corrected chi connectivity index (χ1v) is 13.6. The highest BCUT2D eigenvalue weighted by atomic mass is 16.2. The van der Waals surface area contributed by atoms with Gasteiger partial charge in [-0.05, 0) is 70.8 Å². The van der Waals surface area contributed by atoms with E-state index >= 15 is 0 Å². The lowest BCUT2D eigenvalue weighted by atomic mass is 9.86. The number of benzene rings is 2. The molecule has 0 aromatic heterocycles. The van der Waals surface area contributed by atoms with E-state index < -0.39 is 11.5 Å². The highest BCUT2D eigenvalue weighted by Gasteiger charge is 2.46. The third-order valence-electron chi connectivity index (χ3n) is 7.74. The molecule has 1 atom stereocenters. The van der Waals surface area contributed by atoms with Crippen LogP contribution in [0.2, 0.25) is 0 Å². The largest absolute Gasteiger partial charge is 0.341 e. The van der Waals surface area contributed by atoms with E-state index in [0.717, 1.165) is 23.4 Å². The van der Waals surface area contributed by atoms with Gasteiger partial charge in [0.05, 0.1) is 5.41 Å². The first-order valence-electron chi connectivity index (χ1n) is 13.6. The Labute approximate surface area is 226 Å². The first kappa shape index (κ1) is 27.6. The molecule has 8 heteroatoms. The lowest BCUT2D eigenvalue weighted by molar-refractivity contribution is -0.134. The van der Waals surface area contributed by atoms with Crippen molar-refractivity contribution >= 4 is 23.5 Å². The predicted octanol–water partition coefficient (Wildman–Crippen LogP) is 3.16. The molecule has 0 bridgehead atoms. The fourth-order valence-corrected chi connectivity index (χ4v) is 5.48. The molecular weight excluding hydrogens is 478 g/mol. The maximum atomic E-state index is 13.6. The monoisotopic (exact) mass is 519 g/mol. The smallest absolute Gasteiger partial charge is 0.315 e. The van der Waals surface area contributed by atoms with Crippen LogP contribution in [-0.4, -0.2) is 80.0 Å². The van der Waals surface area contributed by atoms with Crippen LogP contribution in [0.4, 0.5) is 10.5 Å². The van der Waals surface area contributed by atoms with Gasteiger partial charge in [0.15, 0.2) is 0 Å². The highest BCUT2D eigenvalue weighted by Crippen LogP contribution is 2.43. The minimum Gasteiger partial charge on any atom is -0.341 e. The van der Waals surface area contributed by atoms with E-state index in [1.807, 2.05) is 97.2 Å². The Balaban J connectivity index is 1.40. The van der Waals surface area contributed by atoms with Gasteiger partial charge in [0.1, 0.15) is 6.04 Å². The number of likely N-dealkylation sites (N-methyl/N-ethyl adjacent to an activating group) is 1. The molecule has 38 heavy (non-hydrogen) atoms. The summed E-state index contributed by atoms with van der Waals surface area (Å²) < 4.78 is 0. The second kappa shape index (κ2) is 12.0. The number of aryl methyl sites for hydroxylation is 1. The van der Waals surface area contributed by atoms with Gasteiger partial charge in [-0.15, -0.1) is 0 Å². The molecule has 0 radical (unpaired) electrons. The highest BCUT2D eigenvalue weighted by molar-refractivity contribution is 6.08. The minimum atomic E-state index is -0.612. The van der Waals surface area contributed by atoms with Crippen LogP contribution in [0.5, 0.6) is 0 Å². The molecule has 2 heterocycles. The van der Waals surface area contributed by atoms with Crippen molar-refractivity contribution in [1.29, 1.82) is 0 Å². The summed E-state index contributed by atoms with van der Waals surface area (Å²) in [6.45, 7) is 6.31. The number of carbonyl (C=O) groups is 3. The number of amides is 4. The number of carbonyl (C=O) groups excluding carboxylic acids is 3. The summed E-state index contributed by atoms with van der Waals surface area (Å²) in [6, 6.07) is 17.2. The summed E-state index contributed by atoms with van der Waals surface area (Å²) in [5.74, 6) is 0.0656. The van der Waals surface area contributed by atoms with Gasteiger partial charge < -0.3 is 25.3 Å². The molecule has 2 aromatic rings. The van der Waals surface area contributed by atoms with E-state index in [4.69, 9.17) is 0 Å². The Morgan fingerprint density at radius 2 is 1.68 bits per heavy atom. The molecular formula is C30H41N5O3. The zero-order valence-corrected chi connectivity index (χ0v) is 23.1. The standard InChI is InChI=1S/C30H41N5O3/c1-30(2)24-12-8-9-13-26(24)35(28(30)37)23-16-19-34(20-17-23)27(36)25(15-14-22-10-6-5-7-11-22)32-29(38)31-18-21-33(3)4/h5-13,23,25H,14-21H2,1-4H3,(H2,31,32,38)/t25-/m0/s1. The van der Waals surface area contributed by atoms with Crippen molar-refractivity contribution in [2.45, 2.75) is 57.0 Å². The van der Waals surface area contributed by atoms with E-state index in [1.54, 1.807) is 0 Å². The number of piperidine rings is 1. The van der Waals surface area contributed by atoms with Crippen LogP contribution >= 0.6 is 0 Å². The number of para-hydroxylation sites is 1. The zero-order valence-electron chi connectivity index (χ0n) is 23.1. The molecule has 4 amide bonds. The van der Waals surface area contributed by atoms with Crippen LogP contribution < -0.4 is 15.5 Å². The van der Waals surface area contributed by atoms with E-state index in [1.165, 1.54) is 0 Å². The van der Waals surface area contributed by atoms with Crippen LogP contribution in [0.15, 0.2) is 54.6 Å². The molecule has 204 valence electrons. The van der Waals surface area contributed by atoms with Gasteiger partial charge in [-0.3, -0.25) is 9.59 Å². The summed E-state index contributed by atoms with van der Waals surface area (Å²) in [5, 5.41) is 5.79. The van der Waals surface area contributed by atoms with Crippen molar-refractivity contribution in [3.8, 4) is 0 Å². The number of likely N-dealkylation sites (tertiary alicyclic amines) is 1. The Morgan fingerprint density at radius 1 is 1.03 bits per heavy atom.